The number of hydrogen-bond donors (Lipinski definition) is 2. The molecule has 0 aliphatic rings. The fourth-order valence-electron chi connectivity index (χ4n) is 1.97. The maximum Gasteiger partial charge on any atom is 0.303 e. The van der Waals surface area contributed by atoms with E-state index in [0.717, 1.165) is 12.0 Å². The van der Waals surface area contributed by atoms with E-state index in [4.69, 9.17) is 5.11 Å². The number of hydrogen-bond acceptors (Lipinski definition) is 2. The van der Waals surface area contributed by atoms with Crippen molar-refractivity contribution < 1.29 is 14.7 Å². The van der Waals surface area contributed by atoms with Gasteiger partial charge in [0.25, 0.3) is 0 Å². The molecule has 0 heterocycles. The Morgan fingerprint density at radius 3 is 2.45 bits per heavy atom. The molecule has 1 rings (SSSR count). The first-order chi connectivity index (χ1) is 9.51. The van der Waals surface area contributed by atoms with Crippen LogP contribution in [0.5, 0.6) is 0 Å². The number of benzene rings is 1. The van der Waals surface area contributed by atoms with E-state index < -0.39 is 5.97 Å². The van der Waals surface area contributed by atoms with Gasteiger partial charge in [0.1, 0.15) is 0 Å². The zero-order valence-corrected chi connectivity index (χ0v) is 12.2. The van der Waals surface area contributed by atoms with E-state index in [1.165, 1.54) is 5.56 Å². The third-order valence-electron chi connectivity index (χ3n) is 3.39. The van der Waals surface area contributed by atoms with Gasteiger partial charge in [0.15, 0.2) is 0 Å². The van der Waals surface area contributed by atoms with Crippen LogP contribution in [0, 0.1) is 12.8 Å². The minimum absolute atomic E-state index is 0.0100. The summed E-state index contributed by atoms with van der Waals surface area (Å²) in [6.07, 6.45) is 2.01. The van der Waals surface area contributed by atoms with Crippen LogP contribution in [0.4, 0.5) is 0 Å². The van der Waals surface area contributed by atoms with Gasteiger partial charge in [-0.1, -0.05) is 43.2 Å². The van der Waals surface area contributed by atoms with Gasteiger partial charge in [-0.3, -0.25) is 9.59 Å². The van der Waals surface area contributed by atoms with Gasteiger partial charge in [-0.25, -0.2) is 0 Å². The Kier molecular flexibility index (Phi) is 6.77. The number of carbonyl (C=O) groups excluding carboxylic acids is 1. The summed E-state index contributed by atoms with van der Waals surface area (Å²) in [4.78, 5) is 22.4. The van der Waals surface area contributed by atoms with Crippen molar-refractivity contribution in [3.05, 3.63) is 35.4 Å². The third kappa shape index (κ3) is 6.36. The van der Waals surface area contributed by atoms with Gasteiger partial charge in [-0.2, -0.15) is 0 Å². The molecule has 0 bridgehead atoms. The van der Waals surface area contributed by atoms with E-state index in [9.17, 15) is 9.59 Å². The van der Waals surface area contributed by atoms with Crippen LogP contribution >= 0.6 is 0 Å². The summed E-state index contributed by atoms with van der Waals surface area (Å²) in [6.45, 7) is 4.41. The molecule has 2 N–H and O–H groups in total. The zero-order chi connectivity index (χ0) is 15.0. The largest absolute Gasteiger partial charge is 0.481 e. The molecule has 4 nitrogen and oxygen atoms in total. The standard InChI is InChI=1S/C16H23NO3/c1-3-13(10-16(19)20)11-17-15(18)9-8-14-6-4-12(2)5-7-14/h4-7,13H,3,8-11H2,1-2H3,(H,17,18)(H,19,20). The summed E-state index contributed by atoms with van der Waals surface area (Å²) >= 11 is 0. The molecule has 1 amide bonds. The van der Waals surface area contributed by atoms with E-state index >= 15 is 0 Å². The fourth-order valence-corrected chi connectivity index (χ4v) is 1.97. The molecule has 1 aromatic carbocycles. The lowest BCUT2D eigenvalue weighted by atomic mass is 10.0. The molecule has 4 heteroatoms. The normalized spacial score (nSPS) is 11.9. The topological polar surface area (TPSA) is 66.4 Å². The minimum atomic E-state index is -0.814. The third-order valence-corrected chi connectivity index (χ3v) is 3.39. The molecular formula is C16H23NO3. The molecule has 0 aromatic heterocycles. The van der Waals surface area contributed by atoms with E-state index in [1.807, 2.05) is 38.1 Å². The highest BCUT2D eigenvalue weighted by Crippen LogP contribution is 2.08. The van der Waals surface area contributed by atoms with Crippen molar-refractivity contribution >= 4 is 11.9 Å². The van der Waals surface area contributed by atoms with Crippen LogP contribution in [0.25, 0.3) is 0 Å². The van der Waals surface area contributed by atoms with Crippen molar-refractivity contribution in [2.24, 2.45) is 5.92 Å². The van der Waals surface area contributed by atoms with Gasteiger partial charge >= 0.3 is 5.97 Å². The molecule has 1 aromatic rings. The molecule has 0 saturated heterocycles. The van der Waals surface area contributed by atoms with E-state index in [2.05, 4.69) is 5.32 Å². The average molecular weight is 277 g/mol. The highest BCUT2D eigenvalue weighted by atomic mass is 16.4. The zero-order valence-electron chi connectivity index (χ0n) is 12.2. The first-order valence-corrected chi connectivity index (χ1v) is 7.05. The number of rotatable bonds is 8. The Labute approximate surface area is 120 Å². The maximum absolute atomic E-state index is 11.7. The predicted octanol–water partition coefficient (Wildman–Crippen LogP) is 2.54. The number of carbonyl (C=O) groups is 2. The first-order valence-electron chi connectivity index (χ1n) is 7.05. The number of carboxylic acid groups (broad SMARTS) is 1. The van der Waals surface area contributed by atoms with Crippen LogP contribution in [-0.2, 0) is 16.0 Å². The molecule has 0 spiro atoms. The quantitative estimate of drug-likeness (QED) is 0.767. The molecule has 0 saturated carbocycles. The van der Waals surface area contributed by atoms with Crippen LogP contribution in [0.1, 0.15) is 37.3 Å². The molecule has 110 valence electrons. The Hall–Kier alpha value is -1.84. The molecule has 0 fully saturated rings. The summed E-state index contributed by atoms with van der Waals surface area (Å²) < 4.78 is 0. The van der Waals surface area contributed by atoms with Crippen molar-refractivity contribution in [2.45, 2.75) is 39.5 Å². The Morgan fingerprint density at radius 1 is 1.25 bits per heavy atom. The van der Waals surface area contributed by atoms with Gasteiger partial charge in [-0.15, -0.1) is 0 Å². The highest BCUT2D eigenvalue weighted by Gasteiger charge is 2.12. The molecule has 0 aliphatic heterocycles. The highest BCUT2D eigenvalue weighted by molar-refractivity contribution is 5.76. The van der Waals surface area contributed by atoms with Crippen LogP contribution in [0.15, 0.2) is 24.3 Å². The number of nitrogens with one attached hydrogen (secondary N) is 1. The second kappa shape index (κ2) is 8.35. The fraction of sp³-hybridized carbons (Fsp3) is 0.500. The summed E-state index contributed by atoms with van der Waals surface area (Å²) in [5.41, 5.74) is 2.35. The number of amides is 1. The Bertz CT molecular complexity index is 440. The lowest BCUT2D eigenvalue weighted by molar-refractivity contribution is -0.138. The summed E-state index contributed by atoms with van der Waals surface area (Å²) in [5.74, 6) is -0.823. The monoisotopic (exact) mass is 277 g/mol. The van der Waals surface area contributed by atoms with Gasteiger partial charge in [-0.05, 0) is 24.8 Å². The molecular weight excluding hydrogens is 254 g/mol. The van der Waals surface area contributed by atoms with Crippen molar-refractivity contribution in [3.8, 4) is 0 Å². The van der Waals surface area contributed by atoms with Gasteiger partial charge in [0, 0.05) is 19.4 Å². The van der Waals surface area contributed by atoms with E-state index in [1.54, 1.807) is 0 Å². The SMILES string of the molecule is CCC(CNC(=O)CCc1ccc(C)cc1)CC(=O)O. The molecule has 0 radical (unpaired) electrons. The second-order valence-electron chi connectivity index (χ2n) is 5.16. The summed E-state index contributed by atoms with van der Waals surface area (Å²) in [5, 5.41) is 11.6. The Balaban J connectivity index is 2.29. The maximum atomic E-state index is 11.7. The van der Waals surface area contributed by atoms with Crippen molar-refractivity contribution in [2.75, 3.05) is 6.54 Å². The average Bonchev–Trinajstić information content (AvgIpc) is 2.42. The van der Waals surface area contributed by atoms with Gasteiger partial charge in [0.2, 0.25) is 5.91 Å². The first kappa shape index (κ1) is 16.2. The lowest BCUT2D eigenvalue weighted by Gasteiger charge is -2.13. The van der Waals surface area contributed by atoms with Crippen molar-refractivity contribution in [1.82, 2.24) is 5.32 Å². The van der Waals surface area contributed by atoms with E-state index in [-0.39, 0.29) is 18.2 Å². The number of aryl methyl sites for hydroxylation is 2. The molecule has 1 atom stereocenters. The van der Waals surface area contributed by atoms with Crippen LogP contribution in [0.3, 0.4) is 0 Å². The van der Waals surface area contributed by atoms with Crippen molar-refractivity contribution in [1.29, 1.82) is 0 Å². The van der Waals surface area contributed by atoms with Crippen molar-refractivity contribution in [3.63, 3.8) is 0 Å². The lowest BCUT2D eigenvalue weighted by Crippen LogP contribution is -2.30. The van der Waals surface area contributed by atoms with Crippen LogP contribution in [-0.4, -0.2) is 23.5 Å². The Morgan fingerprint density at radius 2 is 1.90 bits per heavy atom. The molecule has 20 heavy (non-hydrogen) atoms. The molecule has 1 unspecified atom stereocenters. The number of aliphatic carboxylic acids is 1. The van der Waals surface area contributed by atoms with E-state index in [0.29, 0.717) is 19.4 Å². The van der Waals surface area contributed by atoms with Crippen LogP contribution in [0.2, 0.25) is 0 Å². The van der Waals surface area contributed by atoms with Gasteiger partial charge in [0.05, 0.1) is 0 Å². The second-order valence-corrected chi connectivity index (χ2v) is 5.16. The number of carboxylic acids is 1. The van der Waals surface area contributed by atoms with Crippen LogP contribution < -0.4 is 5.32 Å². The smallest absolute Gasteiger partial charge is 0.303 e. The summed E-state index contributed by atoms with van der Waals surface area (Å²) in [7, 11) is 0. The minimum Gasteiger partial charge on any atom is -0.481 e. The summed E-state index contributed by atoms with van der Waals surface area (Å²) in [6, 6.07) is 8.13. The van der Waals surface area contributed by atoms with Gasteiger partial charge < -0.3 is 10.4 Å². The molecule has 0 aliphatic carbocycles. The predicted molar refractivity (Wildman–Crippen MR) is 78.5 cm³/mol.